The van der Waals surface area contributed by atoms with Crippen molar-refractivity contribution in [2.24, 2.45) is 0 Å². The Labute approximate surface area is 350 Å². The van der Waals surface area contributed by atoms with E-state index >= 15 is 0 Å². The number of allylic oxidation sites excluding steroid dienone is 1. The fraction of sp³-hybridized carbons (Fsp3) is 0.925. The average molecular weight is 802 g/mol. The van der Waals surface area contributed by atoms with E-state index in [1.807, 2.05) is 6.08 Å². The van der Waals surface area contributed by atoms with Crippen molar-refractivity contribution in [3.05, 3.63) is 12.2 Å². The van der Waals surface area contributed by atoms with Crippen LogP contribution in [0.1, 0.15) is 181 Å². The topological polar surface area (TPSA) is 195 Å². The number of rotatable bonds is 35. The molecule has 0 spiro atoms. The van der Waals surface area contributed by atoms with Crippen LogP contribution >= 0.6 is 0 Å². The molecular formula is C40H76NNaO11S. The molecule has 0 aromatic rings. The molecule has 0 saturated carbocycles. The number of hydrogen-bond donors (Lipinski definition) is 5. The van der Waals surface area contributed by atoms with Gasteiger partial charge in [-0.25, -0.2) is 8.42 Å². The van der Waals surface area contributed by atoms with Crippen LogP contribution in [0.3, 0.4) is 0 Å². The summed E-state index contributed by atoms with van der Waals surface area (Å²) in [6.07, 6.45) is 24.2. The molecule has 0 aliphatic carbocycles. The molecule has 314 valence electrons. The molecule has 1 fully saturated rings. The summed E-state index contributed by atoms with van der Waals surface area (Å²) in [5, 5.41) is 44.8. The van der Waals surface area contributed by atoms with E-state index in [1.165, 1.54) is 116 Å². The van der Waals surface area contributed by atoms with Gasteiger partial charge in [0.05, 0.1) is 25.4 Å². The molecule has 14 heteroatoms. The first-order chi connectivity index (χ1) is 25.5. The average Bonchev–Trinajstić information content (AvgIpc) is 3.12. The Kier molecular flexibility index (Phi) is 34.7. The van der Waals surface area contributed by atoms with Gasteiger partial charge in [-0.1, -0.05) is 167 Å². The van der Waals surface area contributed by atoms with Gasteiger partial charge in [-0.15, -0.1) is 0 Å². The van der Waals surface area contributed by atoms with Gasteiger partial charge in [0.2, 0.25) is 16.3 Å². The third kappa shape index (κ3) is 28.3. The second-order valence-electron chi connectivity index (χ2n) is 15.0. The summed E-state index contributed by atoms with van der Waals surface area (Å²) < 4.78 is 48.0. The summed E-state index contributed by atoms with van der Waals surface area (Å²) in [5.41, 5.74) is 0. The van der Waals surface area contributed by atoms with E-state index < -0.39 is 59.9 Å². The van der Waals surface area contributed by atoms with Crippen molar-refractivity contribution in [3.63, 3.8) is 0 Å². The minimum Gasteiger partial charge on any atom is -0.726 e. The largest absolute Gasteiger partial charge is 1.00 e. The van der Waals surface area contributed by atoms with Crippen LogP contribution in [0.15, 0.2) is 12.2 Å². The minimum absolute atomic E-state index is 0. The molecular weight excluding hydrogens is 725 g/mol. The van der Waals surface area contributed by atoms with Gasteiger partial charge < -0.3 is 39.8 Å². The number of ether oxygens (including phenoxy) is 2. The molecule has 1 aliphatic heterocycles. The summed E-state index contributed by atoms with van der Waals surface area (Å²) in [7, 11) is -5.11. The standard InChI is InChI=1S/C40H77NO11S.Na/c1-3-5-7-9-11-13-15-17-19-21-23-25-27-29-34(42)33(31-50-40-39(46)38(45)37(44)35(52-40)32-51-53(47,48)49)41-36(43)30-28-26-24-22-20-18-16-14-12-10-8-6-4-2;/h27,29,33-35,37-40,42,44-46H,3-26,28,30-32H2,1-2H3,(H,41,43)(H,47,48,49);/q;+1/p-1/b29-27+;/t33-,34+,35-,37+,38-,39-,40+;/m0./s1. The molecule has 1 heterocycles. The maximum atomic E-state index is 12.9. The monoisotopic (exact) mass is 802 g/mol. The zero-order valence-electron chi connectivity index (χ0n) is 34.0. The van der Waals surface area contributed by atoms with Crippen molar-refractivity contribution in [1.82, 2.24) is 5.32 Å². The van der Waals surface area contributed by atoms with Crippen molar-refractivity contribution in [1.29, 1.82) is 0 Å². The fourth-order valence-electron chi connectivity index (χ4n) is 6.64. The van der Waals surface area contributed by atoms with Crippen LogP contribution in [-0.2, 0) is 28.9 Å². The number of aliphatic hydroxyl groups excluding tert-OH is 4. The SMILES string of the molecule is CCCCCCCCCCCCC/C=C/[C@@H](O)[C@H](CO[C@@H]1O[C@@H](COS(=O)(=O)[O-])[C@@H](O)[C@H](O)[C@@H]1O)NC(=O)CCCCCCCCCCCCCCC.[Na+]. The summed E-state index contributed by atoms with van der Waals surface area (Å²) in [6, 6.07) is -0.922. The van der Waals surface area contributed by atoms with Gasteiger partial charge in [-0.05, 0) is 19.3 Å². The van der Waals surface area contributed by atoms with Crippen LogP contribution in [0, 0.1) is 0 Å². The van der Waals surface area contributed by atoms with Gasteiger partial charge in [-0.2, -0.15) is 0 Å². The predicted molar refractivity (Wildman–Crippen MR) is 207 cm³/mol. The maximum absolute atomic E-state index is 12.9. The Hall–Kier alpha value is -0.160. The van der Waals surface area contributed by atoms with Crippen LogP contribution in [0.5, 0.6) is 0 Å². The number of carbonyl (C=O) groups excluding carboxylic acids is 1. The van der Waals surface area contributed by atoms with E-state index in [2.05, 4.69) is 23.3 Å². The Morgan fingerprint density at radius 1 is 0.722 bits per heavy atom. The van der Waals surface area contributed by atoms with E-state index in [-0.39, 0.29) is 48.5 Å². The second kappa shape index (κ2) is 34.8. The first-order valence-electron chi connectivity index (χ1n) is 21.1. The van der Waals surface area contributed by atoms with Gasteiger partial charge >= 0.3 is 29.6 Å². The minimum atomic E-state index is -5.11. The van der Waals surface area contributed by atoms with Crippen molar-refractivity contribution < 1.29 is 81.4 Å². The summed E-state index contributed by atoms with van der Waals surface area (Å²) >= 11 is 0. The third-order valence-corrected chi connectivity index (χ3v) is 10.5. The fourth-order valence-corrected chi connectivity index (χ4v) is 6.95. The van der Waals surface area contributed by atoms with Crippen LogP contribution in [0.4, 0.5) is 0 Å². The third-order valence-electron chi connectivity index (χ3n) is 10.1. The predicted octanol–water partition coefficient (Wildman–Crippen LogP) is 3.88. The molecule has 5 N–H and O–H groups in total. The number of hydrogen-bond acceptors (Lipinski definition) is 11. The van der Waals surface area contributed by atoms with Gasteiger partial charge in [0.1, 0.15) is 24.4 Å². The summed E-state index contributed by atoms with van der Waals surface area (Å²) in [6.45, 7) is 3.24. The van der Waals surface area contributed by atoms with Gasteiger partial charge in [0.15, 0.2) is 6.29 Å². The van der Waals surface area contributed by atoms with Crippen LogP contribution in [-0.4, -0.2) is 95.4 Å². The Morgan fingerprint density at radius 3 is 1.63 bits per heavy atom. The Bertz CT molecular complexity index is 1020. The van der Waals surface area contributed by atoms with Crippen LogP contribution < -0.4 is 34.9 Å². The number of unbranched alkanes of at least 4 members (excludes halogenated alkanes) is 23. The molecule has 1 saturated heterocycles. The van der Waals surface area contributed by atoms with Gasteiger partial charge in [-0.3, -0.25) is 8.98 Å². The number of amides is 1. The molecule has 1 aliphatic rings. The quantitative estimate of drug-likeness (QED) is 0.0205. The van der Waals surface area contributed by atoms with Crippen LogP contribution in [0.2, 0.25) is 0 Å². The van der Waals surface area contributed by atoms with Gasteiger partial charge in [0, 0.05) is 6.42 Å². The first kappa shape index (κ1) is 53.8. The van der Waals surface area contributed by atoms with Crippen molar-refractivity contribution >= 4 is 16.3 Å². The Balaban J connectivity index is 0.0000281. The Morgan fingerprint density at radius 2 is 1.17 bits per heavy atom. The summed E-state index contributed by atoms with van der Waals surface area (Å²) in [5.74, 6) is -0.257. The van der Waals surface area contributed by atoms with Gasteiger partial charge in [0.25, 0.3) is 0 Å². The number of nitrogens with one attached hydrogen (secondary N) is 1. The molecule has 0 bridgehead atoms. The number of aliphatic hydroxyl groups is 4. The van der Waals surface area contributed by atoms with E-state index in [4.69, 9.17) is 9.47 Å². The smallest absolute Gasteiger partial charge is 0.726 e. The van der Waals surface area contributed by atoms with Crippen LogP contribution in [0.25, 0.3) is 0 Å². The summed E-state index contributed by atoms with van der Waals surface area (Å²) in [4.78, 5) is 12.9. The van der Waals surface area contributed by atoms with Crippen molar-refractivity contribution in [3.8, 4) is 0 Å². The molecule has 0 radical (unpaired) electrons. The zero-order chi connectivity index (χ0) is 39.2. The zero-order valence-corrected chi connectivity index (χ0v) is 36.9. The van der Waals surface area contributed by atoms with E-state index in [9.17, 15) is 38.2 Å². The van der Waals surface area contributed by atoms with E-state index in [0.717, 1.165) is 38.5 Å². The van der Waals surface area contributed by atoms with E-state index in [1.54, 1.807) is 6.08 Å². The van der Waals surface area contributed by atoms with Crippen molar-refractivity contribution in [2.75, 3.05) is 13.2 Å². The molecule has 1 amide bonds. The molecule has 0 aromatic heterocycles. The number of carbonyl (C=O) groups is 1. The molecule has 7 atom stereocenters. The molecule has 0 aromatic carbocycles. The molecule has 54 heavy (non-hydrogen) atoms. The second-order valence-corrected chi connectivity index (χ2v) is 16.0. The van der Waals surface area contributed by atoms with E-state index in [0.29, 0.717) is 6.42 Å². The molecule has 12 nitrogen and oxygen atoms in total. The molecule has 1 rings (SSSR count). The first-order valence-corrected chi connectivity index (χ1v) is 22.4. The normalized spacial score (nSPS) is 21.6. The van der Waals surface area contributed by atoms with Crippen molar-refractivity contribution in [2.45, 2.75) is 224 Å². The molecule has 0 unspecified atom stereocenters. The maximum Gasteiger partial charge on any atom is 1.00 e.